The van der Waals surface area contributed by atoms with Crippen molar-refractivity contribution in [2.45, 2.75) is 13.1 Å². The third-order valence-electron chi connectivity index (χ3n) is 3.71. The van der Waals surface area contributed by atoms with E-state index in [1.807, 2.05) is 42.5 Å². The normalized spacial score (nSPS) is 10.3. The van der Waals surface area contributed by atoms with Gasteiger partial charge in [-0.15, -0.1) is 0 Å². The van der Waals surface area contributed by atoms with E-state index < -0.39 is 0 Å². The van der Waals surface area contributed by atoms with Gasteiger partial charge in [-0.05, 0) is 35.4 Å². The number of halogens is 1. The van der Waals surface area contributed by atoms with Gasteiger partial charge in [-0.1, -0.05) is 54.1 Å². The lowest BCUT2D eigenvalue weighted by molar-refractivity contribution is 0.0950. The first-order chi connectivity index (χ1) is 12.2. The summed E-state index contributed by atoms with van der Waals surface area (Å²) in [4.78, 5) is 16.5. The summed E-state index contributed by atoms with van der Waals surface area (Å²) in [5.74, 6) is 0.579. The molecule has 5 heteroatoms. The molecule has 0 saturated carbocycles. The van der Waals surface area contributed by atoms with Crippen LogP contribution in [0.5, 0.6) is 0 Å². The lowest BCUT2D eigenvalue weighted by atomic mass is 10.2. The van der Waals surface area contributed by atoms with E-state index in [1.165, 1.54) is 5.56 Å². The molecule has 0 atom stereocenters. The van der Waals surface area contributed by atoms with Crippen LogP contribution in [-0.2, 0) is 13.1 Å². The Morgan fingerprint density at radius 1 is 0.880 bits per heavy atom. The highest BCUT2D eigenvalue weighted by molar-refractivity contribution is 6.30. The number of rotatable bonds is 6. The fourth-order valence-electron chi connectivity index (χ4n) is 2.31. The summed E-state index contributed by atoms with van der Waals surface area (Å²) in [6.07, 6.45) is 1.57. The number of carbonyl (C=O) groups is 1. The zero-order valence-corrected chi connectivity index (χ0v) is 14.3. The molecule has 0 spiro atoms. The van der Waals surface area contributed by atoms with Gasteiger partial charge in [0.1, 0.15) is 5.82 Å². The van der Waals surface area contributed by atoms with Crippen molar-refractivity contribution >= 4 is 23.3 Å². The zero-order chi connectivity index (χ0) is 17.5. The molecule has 25 heavy (non-hydrogen) atoms. The topological polar surface area (TPSA) is 54.0 Å². The van der Waals surface area contributed by atoms with Crippen molar-refractivity contribution < 1.29 is 4.79 Å². The Balaban J connectivity index is 1.52. The molecule has 1 heterocycles. The Hall–Kier alpha value is -2.85. The molecule has 0 aliphatic heterocycles. The van der Waals surface area contributed by atoms with Gasteiger partial charge < -0.3 is 10.6 Å². The highest BCUT2D eigenvalue weighted by Crippen LogP contribution is 2.10. The van der Waals surface area contributed by atoms with Gasteiger partial charge in [0.05, 0.1) is 5.56 Å². The number of hydrogen-bond donors (Lipinski definition) is 2. The van der Waals surface area contributed by atoms with Gasteiger partial charge in [0.15, 0.2) is 0 Å². The van der Waals surface area contributed by atoms with E-state index in [-0.39, 0.29) is 5.91 Å². The maximum atomic E-state index is 12.2. The average Bonchev–Trinajstić information content (AvgIpc) is 2.67. The third kappa shape index (κ3) is 5.06. The molecule has 1 aromatic heterocycles. The molecule has 2 N–H and O–H groups in total. The van der Waals surface area contributed by atoms with Gasteiger partial charge >= 0.3 is 0 Å². The second-order valence-electron chi connectivity index (χ2n) is 5.58. The summed E-state index contributed by atoms with van der Waals surface area (Å²) in [5, 5.41) is 6.78. The number of hydrogen-bond acceptors (Lipinski definition) is 3. The number of carbonyl (C=O) groups excluding carboxylic acids is 1. The van der Waals surface area contributed by atoms with Crippen molar-refractivity contribution in [3.05, 3.63) is 94.6 Å². The fraction of sp³-hybridized carbons (Fsp3) is 0.100. The summed E-state index contributed by atoms with van der Waals surface area (Å²) in [7, 11) is 0. The molecule has 3 rings (SSSR count). The molecule has 0 saturated heterocycles. The summed E-state index contributed by atoms with van der Waals surface area (Å²) < 4.78 is 0. The lowest BCUT2D eigenvalue weighted by Crippen LogP contribution is -2.22. The molecular weight excluding hydrogens is 334 g/mol. The van der Waals surface area contributed by atoms with E-state index in [9.17, 15) is 4.79 Å². The molecule has 4 nitrogen and oxygen atoms in total. The summed E-state index contributed by atoms with van der Waals surface area (Å²) in [5.41, 5.74) is 2.69. The van der Waals surface area contributed by atoms with Gasteiger partial charge in [-0.25, -0.2) is 4.98 Å². The molecular formula is C20H18ClN3O. The lowest BCUT2D eigenvalue weighted by Gasteiger charge is -2.08. The minimum Gasteiger partial charge on any atom is -0.366 e. The highest BCUT2D eigenvalue weighted by Gasteiger charge is 2.06. The third-order valence-corrected chi connectivity index (χ3v) is 3.96. The molecule has 0 radical (unpaired) electrons. The van der Waals surface area contributed by atoms with Crippen LogP contribution in [0, 0.1) is 0 Å². The SMILES string of the molecule is O=C(NCc1ccc(Cl)cc1)c1ccc(NCc2ccccc2)nc1. The van der Waals surface area contributed by atoms with Gasteiger partial charge in [-0.3, -0.25) is 4.79 Å². The largest absolute Gasteiger partial charge is 0.366 e. The first kappa shape index (κ1) is 17.0. The van der Waals surface area contributed by atoms with Crippen LogP contribution in [0.15, 0.2) is 72.9 Å². The molecule has 0 aliphatic carbocycles. The van der Waals surface area contributed by atoms with Crippen molar-refractivity contribution in [1.82, 2.24) is 10.3 Å². The summed E-state index contributed by atoms with van der Waals surface area (Å²) in [6.45, 7) is 1.14. The predicted octanol–water partition coefficient (Wildman–Crippen LogP) is 4.28. The van der Waals surface area contributed by atoms with Crippen LogP contribution in [0.1, 0.15) is 21.5 Å². The Morgan fingerprint density at radius 2 is 1.60 bits per heavy atom. The van der Waals surface area contributed by atoms with E-state index in [4.69, 9.17) is 11.6 Å². The van der Waals surface area contributed by atoms with E-state index >= 15 is 0 Å². The molecule has 0 aliphatic rings. The Morgan fingerprint density at radius 3 is 2.28 bits per heavy atom. The van der Waals surface area contributed by atoms with Crippen LogP contribution in [0.25, 0.3) is 0 Å². The summed E-state index contributed by atoms with van der Waals surface area (Å²) in [6, 6.07) is 21.0. The van der Waals surface area contributed by atoms with Gasteiger partial charge in [0.2, 0.25) is 0 Å². The van der Waals surface area contributed by atoms with Crippen molar-refractivity contribution in [2.75, 3.05) is 5.32 Å². The minimum atomic E-state index is -0.156. The first-order valence-electron chi connectivity index (χ1n) is 7.97. The van der Waals surface area contributed by atoms with Crippen molar-refractivity contribution in [1.29, 1.82) is 0 Å². The zero-order valence-electron chi connectivity index (χ0n) is 13.6. The number of nitrogens with zero attached hydrogens (tertiary/aromatic N) is 1. The molecule has 1 amide bonds. The van der Waals surface area contributed by atoms with Crippen LogP contribution in [0.3, 0.4) is 0 Å². The fourth-order valence-corrected chi connectivity index (χ4v) is 2.43. The van der Waals surface area contributed by atoms with Crippen LogP contribution in [0.4, 0.5) is 5.82 Å². The van der Waals surface area contributed by atoms with E-state index in [0.717, 1.165) is 11.4 Å². The number of benzene rings is 2. The standard InChI is InChI=1S/C20H18ClN3O/c21-18-9-6-16(7-10-18)13-24-20(25)17-8-11-19(23-14-17)22-12-15-4-2-1-3-5-15/h1-11,14H,12-13H2,(H,22,23)(H,24,25). The number of anilines is 1. The first-order valence-corrected chi connectivity index (χ1v) is 8.35. The maximum Gasteiger partial charge on any atom is 0.253 e. The molecule has 0 bridgehead atoms. The second-order valence-corrected chi connectivity index (χ2v) is 6.02. The molecule has 0 unspecified atom stereocenters. The van der Waals surface area contributed by atoms with Crippen LogP contribution >= 0.6 is 11.6 Å². The predicted molar refractivity (Wildman–Crippen MR) is 101 cm³/mol. The number of aromatic nitrogens is 1. The van der Waals surface area contributed by atoms with E-state index in [1.54, 1.807) is 30.5 Å². The second kappa shape index (κ2) is 8.31. The van der Waals surface area contributed by atoms with E-state index in [2.05, 4.69) is 15.6 Å². The van der Waals surface area contributed by atoms with Crippen molar-refractivity contribution in [3.8, 4) is 0 Å². The van der Waals surface area contributed by atoms with Crippen LogP contribution in [0.2, 0.25) is 5.02 Å². The molecule has 2 aromatic carbocycles. The van der Waals surface area contributed by atoms with Gasteiger partial charge in [-0.2, -0.15) is 0 Å². The Kier molecular flexibility index (Phi) is 5.65. The maximum absolute atomic E-state index is 12.2. The molecule has 0 fully saturated rings. The quantitative estimate of drug-likeness (QED) is 0.697. The number of nitrogens with one attached hydrogen (secondary N) is 2. The number of amides is 1. The Bertz CT molecular complexity index is 818. The smallest absolute Gasteiger partial charge is 0.253 e. The minimum absolute atomic E-state index is 0.156. The Labute approximate surface area is 151 Å². The average molecular weight is 352 g/mol. The van der Waals surface area contributed by atoms with Crippen molar-refractivity contribution in [2.24, 2.45) is 0 Å². The highest BCUT2D eigenvalue weighted by atomic mass is 35.5. The monoisotopic (exact) mass is 351 g/mol. The molecule has 3 aromatic rings. The van der Waals surface area contributed by atoms with Crippen molar-refractivity contribution in [3.63, 3.8) is 0 Å². The number of pyridine rings is 1. The van der Waals surface area contributed by atoms with Gasteiger partial charge in [0, 0.05) is 24.3 Å². The van der Waals surface area contributed by atoms with Gasteiger partial charge in [0.25, 0.3) is 5.91 Å². The molecule has 126 valence electrons. The summed E-state index contributed by atoms with van der Waals surface area (Å²) >= 11 is 5.85. The van der Waals surface area contributed by atoms with Crippen LogP contribution in [-0.4, -0.2) is 10.9 Å². The van der Waals surface area contributed by atoms with E-state index in [0.29, 0.717) is 23.7 Å². The van der Waals surface area contributed by atoms with Crippen LogP contribution < -0.4 is 10.6 Å².